The number of amides is 2. The van der Waals surface area contributed by atoms with Gasteiger partial charge in [0, 0.05) is 36.8 Å². The first-order chi connectivity index (χ1) is 17.9. The van der Waals surface area contributed by atoms with Crippen LogP contribution >= 0.6 is 0 Å². The maximum absolute atomic E-state index is 12.8. The van der Waals surface area contributed by atoms with Crippen molar-refractivity contribution >= 4 is 11.8 Å². The van der Waals surface area contributed by atoms with Crippen molar-refractivity contribution in [2.45, 2.75) is 72.7 Å². The molecule has 38 heavy (non-hydrogen) atoms. The third-order valence-corrected chi connectivity index (χ3v) is 5.38. The van der Waals surface area contributed by atoms with Gasteiger partial charge >= 0.3 is 0 Å². The number of ether oxygens (including phenoxy) is 1. The summed E-state index contributed by atoms with van der Waals surface area (Å²) >= 11 is 0. The van der Waals surface area contributed by atoms with Crippen LogP contribution in [0.25, 0.3) is 0 Å². The molecule has 0 aliphatic carbocycles. The molecule has 0 aromatic heterocycles. The smallest absolute Gasteiger partial charge is 0.253 e. The fraction of sp³-hybridized carbons (Fsp3) is 0.517. The topological polar surface area (TPSA) is 99.1 Å². The van der Waals surface area contributed by atoms with Crippen LogP contribution in [0.5, 0.6) is 0 Å². The molecule has 9 heteroatoms. The Balaban J connectivity index is 0.000000671. The van der Waals surface area contributed by atoms with Crippen LogP contribution in [0.15, 0.2) is 36.4 Å². The normalized spacial score (nSPS) is 12.4. The Morgan fingerprint density at radius 2 is 1.39 bits per heavy atom. The summed E-state index contributed by atoms with van der Waals surface area (Å²) in [5.74, 6) is -1.54. The molecular formula is C29H42F2N2O5. The second kappa shape index (κ2) is 16.9. The van der Waals surface area contributed by atoms with Crippen LogP contribution in [0, 0.1) is 25.5 Å². The van der Waals surface area contributed by atoms with Crippen LogP contribution < -0.4 is 5.32 Å². The first kappa shape index (κ1) is 33.1. The molecule has 0 heterocycles. The Labute approximate surface area is 224 Å². The molecule has 2 atom stereocenters. The molecule has 0 radical (unpaired) electrons. The lowest BCUT2D eigenvalue weighted by atomic mass is 10.0. The van der Waals surface area contributed by atoms with Gasteiger partial charge in [0.15, 0.2) is 0 Å². The molecule has 0 aliphatic rings. The minimum absolute atomic E-state index is 0.0114. The molecule has 2 aromatic rings. The zero-order valence-electron chi connectivity index (χ0n) is 23.3. The Bertz CT molecular complexity index is 976. The van der Waals surface area contributed by atoms with Crippen LogP contribution in [0.1, 0.15) is 72.4 Å². The SMILES string of the molecule is CCCN(CCC)C(=O)c1cc(C)cc(C(=O)NCC(O)C(O)COC(C)C)c1.Cc1cc(F)cc(F)c1. The second-order valence-electron chi connectivity index (χ2n) is 9.55. The van der Waals surface area contributed by atoms with Crippen LogP contribution in [-0.4, -0.2) is 71.5 Å². The largest absolute Gasteiger partial charge is 0.388 e. The first-order valence-electron chi connectivity index (χ1n) is 13.0. The third-order valence-electron chi connectivity index (χ3n) is 5.38. The van der Waals surface area contributed by atoms with E-state index >= 15 is 0 Å². The van der Waals surface area contributed by atoms with Crippen molar-refractivity contribution in [3.05, 3.63) is 70.3 Å². The van der Waals surface area contributed by atoms with Crippen molar-refractivity contribution in [2.24, 2.45) is 0 Å². The van der Waals surface area contributed by atoms with Crippen molar-refractivity contribution in [2.75, 3.05) is 26.2 Å². The minimum atomic E-state index is -1.15. The molecular weight excluding hydrogens is 494 g/mol. The highest BCUT2D eigenvalue weighted by Crippen LogP contribution is 2.14. The highest BCUT2D eigenvalue weighted by atomic mass is 19.1. The van der Waals surface area contributed by atoms with Gasteiger partial charge in [0.1, 0.15) is 17.7 Å². The van der Waals surface area contributed by atoms with E-state index in [1.807, 2.05) is 34.6 Å². The molecule has 3 N–H and O–H groups in total. The molecule has 0 bridgehead atoms. The van der Waals surface area contributed by atoms with Crippen molar-refractivity contribution in [1.82, 2.24) is 10.2 Å². The number of benzene rings is 2. The summed E-state index contributed by atoms with van der Waals surface area (Å²) in [6.45, 7) is 12.4. The number of rotatable bonds is 12. The summed E-state index contributed by atoms with van der Waals surface area (Å²) in [5.41, 5.74) is 2.23. The number of aliphatic hydroxyl groups excluding tert-OH is 2. The molecule has 7 nitrogen and oxygen atoms in total. The quantitative estimate of drug-likeness (QED) is 0.373. The Morgan fingerprint density at radius 1 is 0.868 bits per heavy atom. The zero-order chi connectivity index (χ0) is 28.8. The van der Waals surface area contributed by atoms with Gasteiger partial charge in [0.05, 0.1) is 18.8 Å². The molecule has 2 unspecified atom stereocenters. The number of nitrogens with one attached hydrogen (secondary N) is 1. The standard InChI is InChI=1S/C22H36N2O5.C7H6F2/c1-6-8-24(9-7-2)22(28)18-11-16(5)10-17(12-18)21(27)23-13-19(25)20(26)14-29-15(3)4;1-5-2-6(8)4-7(9)3-5/h10-12,15,19-20,25-26H,6-9,13-14H2,1-5H3,(H,23,27);2-4H,1H3. The summed E-state index contributed by atoms with van der Waals surface area (Å²) in [4.78, 5) is 27.2. The summed E-state index contributed by atoms with van der Waals surface area (Å²) in [7, 11) is 0. The van der Waals surface area contributed by atoms with E-state index in [1.165, 1.54) is 12.1 Å². The highest BCUT2D eigenvalue weighted by Gasteiger charge is 2.20. The van der Waals surface area contributed by atoms with Crippen LogP contribution in [0.4, 0.5) is 8.78 Å². The van der Waals surface area contributed by atoms with Gasteiger partial charge in [0.2, 0.25) is 0 Å². The summed E-state index contributed by atoms with van der Waals surface area (Å²) in [6.07, 6.45) is -0.566. The van der Waals surface area contributed by atoms with Crippen molar-refractivity contribution in [1.29, 1.82) is 0 Å². The van der Waals surface area contributed by atoms with Gasteiger partial charge in [-0.1, -0.05) is 13.8 Å². The van der Waals surface area contributed by atoms with E-state index in [4.69, 9.17) is 4.74 Å². The maximum Gasteiger partial charge on any atom is 0.253 e. The molecule has 0 spiro atoms. The van der Waals surface area contributed by atoms with Gasteiger partial charge < -0.3 is 25.2 Å². The monoisotopic (exact) mass is 536 g/mol. The van der Waals surface area contributed by atoms with E-state index < -0.39 is 29.7 Å². The fourth-order valence-electron chi connectivity index (χ4n) is 3.60. The first-order valence-corrected chi connectivity index (χ1v) is 13.0. The predicted octanol–water partition coefficient (Wildman–Crippen LogP) is 4.41. The minimum Gasteiger partial charge on any atom is -0.388 e. The summed E-state index contributed by atoms with van der Waals surface area (Å²) < 4.78 is 29.6. The van der Waals surface area contributed by atoms with E-state index in [0.717, 1.165) is 24.5 Å². The zero-order valence-corrected chi connectivity index (χ0v) is 23.3. The van der Waals surface area contributed by atoms with E-state index in [9.17, 15) is 28.6 Å². The molecule has 2 rings (SSSR count). The Kier molecular flexibility index (Phi) is 14.7. The Hall–Kier alpha value is -2.88. The average Bonchev–Trinajstić information content (AvgIpc) is 2.84. The molecule has 212 valence electrons. The fourth-order valence-corrected chi connectivity index (χ4v) is 3.60. The lowest BCUT2D eigenvalue weighted by Gasteiger charge is -2.22. The molecule has 2 aromatic carbocycles. The number of nitrogens with zero attached hydrogens (tertiary/aromatic N) is 1. The average molecular weight is 537 g/mol. The second-order valence-corrected chi connectivity index (χ2v) is 9.55. The number of hydrogen-bond donors (Lipinski definition) is 3. The number of halogens is 2. The van der Waals surface area contributed by atoms with Gasteiger partial charge in [0.25, 0.3) is 11.8 Å². The van der Waals surface area contributed by atoms with Crippen LogP contribution in [0.3, 0.4) is 0 Å². The van der Waals surface area contributed by atoms with Crippen LogP contribution in [-0.2, 0) is 4.74 Å². The molecule has 2 amide bonds. The van der Waals surface area contributed by atoms with E-state index in [1.54, 1.807) is 30.0 Å². The number of aliphatic hydroxyl groups is 2. The molecule has 0 fully saturated rings. The lowest BCUT2D eigenvalue weighted by molar-refractivity contribution is -0.0513. The van der Waals surface area contributed by atoms with Gasteiger partial charge in [-0.05, 0) is 82.0 Å². The summed E-state index contributed by atoms with van der Waals surface area (Å²) in [6, 6.07) is 8.47. The van der Waals surface area contributed by atoms with Gasteiger partial charge in [-0.15, -0.1) is 0 Å². The van der Waals surface area contributed by atoms with Crippen molar-refractivity contribution in [3.8, 4) is 0 Å². The van der Waals surface area contributed by atoms with Gasteiger partial charge in [-0.25, -0.2) is 8.78 Å². The van der Waals surface area contributed by atoms with Gasteiger partial charge in [-0.2, -0.15) is 0 Å². The van der Waals surface area contributed by atoms with E-state index in [0.29, 0.717) is 29.8 Å². The highest BCUT2D eigenvalue weighted by molar-refractivity contribution is 6.00. The van der Waals surface area contributed by atoms with E-state index in [-0.39, 0.29) is 25.2 Å². The number of carbonyl (C=O) groups excluding carboxylic acids is 2. The Morgan fingerprint density at radius 3 is 1.89 bits per heavy atom. The van der Waals surface area contributed by atoms with Crippen LogP contribution in [0.2, 0.25) is 0 Å². The van der Waals surface area contributed by atoms with E-state index in [2.05, 4.69) is 5.32 Å². The number of carbonyl (C=O) groups is 2. The lowest BCUT2D eigenvalue weighted by Crippen LogP contribution is -2.41. The van der Waals surface area contributed by atoms with Crippen molar-refractivity contribution in [3.63, 3.8) is 0 Å². The maximum atomic E-state index is 12.8. The predicted molar refractivity (Wildman–Crippen MR) is 144 cm³/mol. The molecule has 0 aliphatic heterocycles. The summed E-state index contributed by atoms with van der Waals surface area (Å²) in [5, 5.41) is 22.5. The number of aryl methyl sites for hydroxylation is 2. The van der Waals surface area contributed by atoms with Crippen molar-refractivity contribution < 1.29 is 33.3 Å². The van der Waals surface area contributed by atoms with Gasteiger partial charge in [-0.3, -0.25) is 9.59 Å². The molecule has 0 saturated heterocycles. The number of hydrogen-bond acceptors (Lipinski definition) is 5. The molecule has 0 saturated carbocycles. The third kappa shape index (κ3) is 12.1.